The summed E-state index contributed by atoms with van der Waals surface area (Å²) in [6.45, 7) is 1.37. The predicted molar refractivity (Wildman–Crippen MR) is 45.4 cm³/mol. The Bertz CT molecular complexity index is 197. The summed E-state index contributed by atoms with van der Waals surface area (Å²) in [5.74, 6) is 1.05. The van der Waals surface area contributed by atoms with Crippen LogP contribution in [0.25, 0.3) is 0 Å². The molecule has 0 saturated carbocycles. The molecule has 0 aliphatic carbocycles. The first-order chi connectivity index (χ1) is 5.45. The van der Waals surface area contributed by atoms with Crippen LogP contribution >= 0.6 is 0 Å². The molecular weight excluding hydrogens is 134 g/mol. The molecule has 2 fully saturated rings. The highest BCUT2D eigenvalue weighted by atomic mass is 15.2. The average Bonchev–Trinajstić information content (AvgIpc) is 2.31. The van der Waals surface area contributed by atoms with Crippen molar-refractivity contribution in [3.63, 3.8) is 0 Å². The highest BCUT2D eigenvalue weighted by molar-refractivity contribution is 5.12. The molecule has 3 rings (SSSR count). The second kappa shape index (κ2) is 2.10. The molecule has 1 heteroatoms. The summed E-state index contributed by atoms with van der Waals surface area (Å²) < 4.78 is 0. The maximum Gasteiger partial charge on any atom is 0.0284 e. The number of hydrogen-bond donors (Lipinski definition) is 0. The summed E-state index contributed by atoms with van der Waals surface area (Å²) in [4.78, 5) is 2.73. The van der Waals surface area contributed by atoms with E-state index in [0.29, 0.717) is 0 Å². The van der Waals surface area contributed by atoms with Gasteiger partial charge in [-0.2, -0.15) is 0 Å². The maximum absolute atomic E-state index is 2.73. The van der Waals surface area contributed by atoms with Crippen molar-refractivity contribution in [1.82, 2.24) is 4.90 Å². The summed E-state index contributed by atoms with van der Waals surface area (Å²) in [6, 6.07) is 1.78. The van der Waals surface area contributed by atoms with Gasteiger partial charge in [0.25, 0.3) is 0 Å². The van der Waals surface area contributed by atoms with Gasteiger partial charge in [0.1, 0.15) is 0 Å². The van der Waals surface area contributed by atoms with E-state index in [1.54, 1.807) is 0 Å². The van der Waals surface area contributed by atoms with E-state index in [1.165, 1.54) is 32.2 Å². The van der Waals surface area contributed by atoms with E-state index >= 15 is 0 Å². The molecule has 2 saturated heterocycles. The lowest BCUT2D eigenvalue weighted by atomic mass is 9.91. The quantitative estimate of drug-likeness (QED) is 0.475. The number of hydrogen-bond acceptors (Lipinski definition) is 1. The van der Waals surface area contributed by atoms with Gasteiger partial charge in [0, 0.05) is 12.1 Å². The van der Waals surface area contributed by atoms with E-state index in [2.05, 4.69) is 17.1 Å². The van der Waals surface area contributed by atoms with Crippen LogP contribution in [0, 0.1) is 5.92 Å². The Morgan fingerprint density at radius 2 is 2.36 bits per heavy atom. The molecule has 0 aromatic rings. The van der Waals surface area contributed by atoms with Crippen molar-refractivity contribution in [3.05, 3.63) is 12.2 Å². The molecule has 11 heavy (non-hydrogen) atoms. The predicted octanol–water partition coefficient (Wildman–Crippen LogP) is 1.80. The topological polar surface area (TPSA) is 3.24 Å². The SMILES string of the molecule is C1=C[C@@H]2C[C@H]3CCCN2[C@@H]3C1. The first kappa shape index (κ1) is 6.24. The zero-order valence-corrected chi connectivity index (χ0v) is 6.87. The first-order valence-corrected chi connectivity index (χ1v) is 4.87. The Morgan fingerprint density at radius 3 is 3.27 bits per heavy atom. The fraction of sp³-hybridized carbons (Fsp3) is 0.800. The summed E-state index contributed by atoms with van der Waals surface area (Å²) in [5, 5.41) is 0. The largest absolute Gasteiger partial charge is 0.293 e. The summed E-state index contributed by atoms with van der Waals surface area (Å²) in [6.07, 6.45) is 10.6. The lowest BCUT2D eigenvalue weighted by Crippen LogP contribution is -2.42. The Hall–Kier alpha value is -0.300. The molecule has 0 aromatic heterocycles. The fourth-order valence-electron chi connectivity index (χ4n) is 3.19. The Balaban J connectivity index is 1.97. The molecule has 0 amide bonds. The Kier molecular flexibility index (Phi) is 1.19. The van der Waals surface area contributed by atoms with E-state index in [-0.39, 0.29) is 0 Å². The molecule has 0 spiro atoms. The lowest BCUT2D eigenvalue weighted by molar-refractivity contribution is 0.151. The van der Waals surface area contributed by atoms with Crippen molar-refractivity contribution < 1.29 is 0 Å². The van der Waals surface area contributed by atoms with Gasteiger partial charge in [-0.05, 0) is 38.1 Å². The van der Waals surface area contributed by atoms with Crippen molar-refractivity contribution in [1.29, 1.82) is 0 Å². The number of piperidine rings is 1. The Morgan fingerprint density at radius 1 is 1.36 bits per heavy atom. The van der Waals surface area contributed by atoms with Crippen LogP contribution in [0.15, 0.2) is 12.2 Å². The average molecular weight is 149 g/mol. The van der Waals surface area contributed by atoms with Gasteiger partial charge in [0.05, 0.1) is 0 Å². The van der Waals surface area contributed by atoms with E-state index in [1.807, 2.05) is 0 Å². The highest BCUT2D eigenvalue weighted by Gasteiger charge is 2.43. The van der Waals surface area contributed by atoms with Crippen LogP contribution in [0.3, 0.4) is 0 Å². The van der Waals surface area contributed by atoms with Crippen LogP contribution in [0.4, 0.5) is 0 Å². The van der Waals surface area contributed by atoms with E-state index in [4.69, 9.17) is 0 Å². The molecule has 0 radical (unpaired) electrons. The standard InChI is InChI=1S/C10H15N/c1-4-9-7-8-3-2-6-11(9)10(8)5-1/h1,4,8-10H,2-3,5-7H2/t8-,9-,10-/m1/s1. The van der Waals surface area contributed by atoms with Gasteiger partial charge >= 0.3 is 0 Å². The van der Waals surface area contributed by atoms with Crippen LogP contribution in [-0.4, -0.2) is 23.5 Å². The molecule has 3 aliphatic rings. The molecule has 60 valence electrons. The van der Waals surface area contributed by atoms with Crippen molar-refractivity contribution in [2.75, 3.05) is 6.54 Å². The summed E-state index contributed by atoms with van der Waals surface area (Å²) >= 11 is 0. The third kappa shape index (κ3) is 0.750. The Labute approximate surface area is 68.1 Å². The first-order valence-electron chi connectivity index (χ1n) is 4.87. The smallest absolute Gasteiger partial charge is 0.0284 e. The second-order valence-electron chi connectivity index (χ2n) is 4.17. The number of rotatable bonds is 0. The van der Waals surface area contributed by atoms with Crippen molar-refractivity contribution in [2.24, 2.45) is 5.92 Å². The van der Waals surface area contributed by atoms with Gasteiger partial charge in [0.2, 0.25) is 0 Å². The monoisotopic (exact) mass is 149 g/mol. The minimum atomic E-state index is 0.834. The fourth-order valence-corrected chi connectivity index (χ4v) is 3.19. The van der Waals surface area contributed by atoms with E-state index in [0.717, 1.165) is 18.0 Å². The molecule has 1 nitrogen and oxygen atoms in total. The minimum absolute atomic E-state index is 0.834. The van der Waals surface area contributed by atoms with Crippen molar-refractivity contribution >= 4 is 0 Å². The third-order valence-corrected chi connectivity index (χ3v) is 3.67. The van der Waals surface area contributed by atoms with Crippen LogP contribution in [0.5, 0.6) is 0 Å². The molecule has 3 heterocycles. The normalized spacial score (nSPS) is 53.1. The number of nitrogens with zero attached hydrogens (tertiary/aromatic N) is 1. The van der Waals surface area contributed by atoms with Crippen LogP contribution in [0.2, 0.25) is 0 Å². The molecule has 4 bridgehead atoms. The zero-order chi connectivity index (χ0) is 7.26. The molecule has 0 aromatic carbocycles. The van der Waals surface area contributed by atoms with Gasteiger partial charge in [-0.15, -0.1) is 0 Å². The lowest BCUT2D eigenvalue weighted by Gasteiger charge is -2.36. The van der Waals surface area contributed by atoms with Gasteiger partial charge in [-0.25, -0.2) is 0 Å². The van der Waals surface area contributed by atoms with Crippen LogP contribution in [-0.2, 0) is 0 Å². The third-order valence-electron chi connectivity index (χ3n) is 3.67. The molecule has 1 unspecified atom stereocenters. The summed E-state index contributed by atoms with van der Waals surface area (Å²) in [5.41, 5.74) is 0. The van der Waals surface area contributed by atoms with Gasteiger partial charge < -0.3 is 0 Å². The second-order valence-corrected chi connectivity index (χ2v) is 4.17. The molecule has 3 aliphatic heterocycles. The maximum atomic E-state index is 2.73. The van der Waals surface area contributed by atoms with E-state index < -0.39 is 0 Å². The van der Waals surface area contributed by atoms with Crippen LogP contribution < -0.4 is 0 Å². The van der Waals surface area contributed by atoms with Gasteiger partial charge in [0.15, 0.2) is 0 Å². The van der Waals surface area contributed by atoms with Crippen molar-refractivity contribution in [2.45, 2.75) is 37.8 Å². The van der Waals surface area contributed by atoms with Gasteiger partial charge in [-0.3, -0.25) is 4.90 Å². The minimum Gasteiger partial charge on any atom is -0.293 e. The molecule has 0 N–H and O–H groups in total. The van der Waals surface area contributed by atoms with Gasteiger partial charge in [-0.1, -0.05) is 12.2 Å². The molecular formula is C10H15N. The van der Waals surface area contributed by atoms with Crippen molar-refractivity contribution in [3.8, 4) is 0 Å². The molecule has 4 atom stereocenters. The summed E-state index contributed by atoms with van der Waals surface area (Å²) in [7, 11) is 0. The highest BCUT2D eigenvalue weighted by Crippen LogP contribution is 2.41. The van der Waals surface area contributed by atoms with Crippen LogP contribution in [0.1, 0.15) is 25.7 Å². The zero-order valence-electron chi connectivity index (χ0n) is 6.87. The van der Waals surface area contributed by atoms with E-state index in [9.17, 15) is 0 Å².